The van der Waals surface area contributed by atoms with Crippen LogP contribution in [-0.2, 0) is 12.8 Å². The van der Waals surface area contributed by atoms with Crippen molar-refractivity contribution in [2.24, 2.45) is 0 Å². The first-order valence-corrected chi connectivity index (χ1v) is 8.51. The lowest BCUT2D eigenvalue weighted by molar-refractivity contribution is -0.923. The Bertz CT molecular complexity index is 879. The molecule has 0 saturated heterocycles. The second-order valence-electron chi connectivity index (χ2n) is 7.48. The highest BCUT2D eigenvalue weighted by Crippen LogP contribution is 2.56. The molecule has 0 spiro atoms. The maximum atomic E-state index is 13.2. The molecule has 5 nitrogen and oxygen atoms in total. The average Bonchev–Trinajstić information content (AvgIpc) is 2.59. The van der Waals surface area contributed by atoms with E-state index < -0.39 is 0 Å². The first kappa shape index (κ1) is 19.1. The first-order chi connectivity index (χ1) is 11.9. The van der Waals surface area contributed by atoms with Crippen molar-refractivity contribution < 1.29 is 24.2 Å². The molecule has 26 heavy (non-hydrogen) atoms. The SMILES string of the molecule is COc1cc2c3c(c1[O-])-c1c(ccc(O)c1OC)CC3[N+](C)(C)CC2.I. The Kier molecular flexibility index (Phi) is 4.77. The van der Waals surface area contributed by atoms with E-state index in [9.17, 15) is 10.2 Å². The molecular formula is C20H24INO4. The van der Waals surface area contributed by atoms with Crippen LogP contribution in [0.15, 0.2) is 18.2 Å². The highest BCUT2D eigenvalue weighted by Gasteiger charge is 2.42. The van der Waals surface area contributed by atoms with Crippen LogP contribution < -0.4 is 14.6 Å². The Morgan fingerprint density at radius 1 is 1.12 bits per heavy atom. The van der Waals surface area contributed by atoms with Gasteiger partial charge in [0.1, 0.15) is 11.8 Å². The number of fused-ring (bicyclic) bond motifs is 2. The number of phenols is 1. The number of benzene rings is 2. The van der Waals surface area contributed by atoms with E-state index in [1.165, 1.54) is 19.8 Å². The van der Waals surface area contributed by atoms with Crippen LogP contribution in [0.4, 0.5) is 0 Å². The maximum absolute atomic E-state index is 13.2. The van der Waals surface area contributed by atoms with Crippen molar-refractivity contribution in [1.29, 1.82) is 0 Å². The largest absolute Gasteiger partial charge is 0.870 e. The predicted octanol–water partition coefficient (Wildman–Crippen LogP) is 3.00. The van der Waals surface area contributed by atoms with Crippen molar-refractivity contribution in [2.75, 3.05) is 34.9 Å². The lowest BCUT2D eigenvalue weighted by Crippen LogP contribution is -2.49. The summed E-state index contributed by atoms with van der Waals surface area (Å²) in [7, 11) is 7.49. The van der Waals surface area contributed by atoms with Gasteiger partial charge in [-0.25, -0.2) is 0 Å². The van der Waals surface area contributed by atoms with E-state index in [-0.39, 0.29) is 41.5 Å². The molecule has 0 bridgehead atoms. The molecule has 0 fully saturated rings. The highest BCUT2D eigenvalue weighted by atomic mass is 127. The third-order valence-electron chi connectivity index (χ3n) is 5.82. The van der Waals surface area contributed by atoms with Crippen molar-refractivity contribution >= 4 is 24.0 Å². The van der Waals surface area contributed by atoms with E-state index in [2.05, 4.69) is 14.1 Å². The van der Waals surface area contributed by atoms with Crippen LogP contribution in [0.25, 0.3) is 11.1 Å². The van der Waals surface area contributed by atoms with Gasteiger partial charge in [-0.3, -0.25) is 0 Å². The molecule has 2 aromatic rings. The van der Waals surface area contributed by atoms with Crippen molar-refractivity contribution in [3.05, 3.63) is 34.9 Å². The van der Waals surface area contributed by atoms with Crippen LogP contribution in [0, 0.1) is 0 Å². The Balaban J connectivity index is 0.00000196. The normalized spacial score (nSPS) is 19.0. The number of likely N-dealkylation sites (N-methyl/N-ethyl adjacent to an activating group) is 1. The molecule has 140 valence electrons. The van der Waals surface area contributed by atoms with E-state index in [1.54, 1.807) is 6.07 Å². The molecule has 1 aliphatic carbocycles. The van der Waals surface area contributed by atoms with Gasteiger partial charge in [-0.15, -0.1) is 24.0 Å². The van der Waals surface area contributed by atoms with Gasteiger partial charge in [0.25, 0.3) is 0 Å². The summed E-state index contributed by atoms with van der Waals surface area (Å²) < 4.78 is 11.7. The summed E-state index contributed by atoms with van der Waals surface area (Å²) in [5.74, 6) is 0.663. The molecule has 4 rings (SSSR count). The lowest BCUT2D eigenvalue weighted by atomic mass is 9.75. The van der Waals surface area contributed by atoms with Gasteiger partial charge in [-0.05, 0) is 28.8 Å². The number of quaternary nitrogens is 1. The van der Waals surface area contributed by atoms with E-state index in [1.807, 2.05) is 12.1 Å². The minimum Gasteiger partial charge on any atom is -0.870 e. The standard InChI is InChI=1S/C20H23NO4.HI/c1-21(2)8-7-12-10-15(24-3)19(23)18-16(12)13(21)9-11-5-6-14(22)20(25-4)17(11)18;/h5-6,10,13H,7-9H2,1-4H3,(H-,22,23);1H. The van der Waals surface area contributed by atoms with Crippen LogP contribution in [0.5, 0.6) is 23.0 Å². The third kappa shape index (κ3) is 2.53. The van der Waals surface area contributed by atoms with Gasteiger partial charge in [0.15, 0.2) is 11.5 Å². The zero-order valence-corrected chi connectivity index (χ0v) is 17.8. The molecule has 1 atom stereocenters. The summed E-state index contributed by atoms with van der Waals surface area (Å²) in [5, 5.41) is 23.4. The predicted molar refractivity (Wildman–Crippen MR) is 109 cm³/mol. The molecule has 1 N–H and O–H groups in total. The highest BCUT2D eigenvalue weighted by molar-refractivity contribution is 14.0. The number of phenolic OH excluding ortho intramolecular Hbond substituents is 1. The van der Waals surface area contributed by atoms with Gasteiger partial charge in [0.2, 0.25) is 0 Å². The van der Waals surface area contributed by atoms with Gasteiger partial charge in [-0.2, -0.15) is 0 Å². The Labute approximate surface area is 170 Å². The third-order valence-corrected chi connectivity index (χ3v) is 5.82. The number of hydrogen-bond acceptors (Lipinski definition) is 4. The zero-order chi connectivity index (χ0) is 17.9. The number of hydrogen-bond donors (Lipinski definition) is 1. The molecule has 0 radical (unpaired) electrons. The van der Waals surface area contributed by atoms with E-state index in [4.69, 9.17) is 9.47 Å². The quantitative estimate of drug-likeness (QED) is 0.543. The second kappa shape index (κ2) is 6.49. The van der Waals surface area contributed by atoms with Crippen molar-refractivity contribution in [3.63, 3.8) is 0 Å². The monoisotopic (exact) mass is 469 g/mol. The fraction of sp³-hybridized carbons (Fsp3) is 0.400. The zero-order valence-electron chi connectivity index (χ0n) is 15.5. The van der Waals surface area contributed by atoms with Crippen molar-refractivity contribution in [2.45, 2.75) is 18.9 Å². The maximum Gasteiger partial charge on any atom is 0.168 e. The van der Waals surface area contributed by atoms with Gasteiger partial charge >= 0.3 is 0 Å². The molecule has 2 aliphatic rings. The van der Waals surface area contributed by atoms with E-state index >= 15 is 0 Å². The molecule has 2 aromatic carbocycles. The second-order valence-corrected chi connectivity index (χ2v) is 7.48. The molecule has 0 aromatic heterocycles. The van der Waals surface area contributed by atoms with Crippen molar-refractivity contribution in [3.8, 4) is 34.1 Å². The Morgan fingerprint density at radius 3 is 2.50 bits per heavy atom. The van der Waals surface area contributed by atoms with Crippen LogP contribution in [-0.4, -0.2) is 44.4 Å². The van der Waals surface area contributed by atoms with E-state index in [0.29, 0.717) is 17.1 Å². The minimum atomic E-state index is -0.127. The smallest absolute Gasteiger partial charge is 0.168 e. The number of halogens is 1. The number of aromatic hydroxyl groups is 1. The van der Waals surface area contributed by atoms with Crippen molar-refractivity contribution in [1.82, 2.24) is 0 Å². The van der Waals surface area contributed by atoms with Gasteiger partial charge in [0.05, 0.1) is 34.9 Å². The molecule has 1 heterocycles. The van der Waals surface area contributed by atoms with Crippen LogP contribution in [0.2, 0.25) is 0 Å². The number of methoxy groups -OCH3 is 2. The van der Waals surface area contributed by atoms with Crippen LogP contribution in [0.1, 0.15) is 22.7 Å². The van der Waals surface area contributed by atoms with E-state index in [0.717, 1.165) is 40.6 Å². The van der Waals surface area contributed by atoms with Crippen LogP contribution in [0.3, 0.4) is 0 Å². The topological polar surface area (TPSA) is 61.8 Å². The molecular weight excluding hydrogens is 445 g/mol. The number of nitrogens with zero attached hydrogens (tertiary/aromatic N) is 1. The fourth-order valence-electron chi connectivity index (χ4n) is 4.43. The summed E-state index contributed by atoms with van der Waals surface area (Å²) in [5.41, 5.74) is 4.67. The summed E-state index contributed by atoms with van der Waals surface area (Å²) >= 11 is 0. The average molecular weight is 469 g/mol. The Hall–Kier alpha value is -1.67. The fourth-order valence-corrected chi connectivity index (χ4v) is 4.43. The summed E-state index contributed by atoms with van der Waals surface area (Å²) in [6, 6.07) is 5.67. The lowest BCUT2D eigenvalue weighted by Gasteiger charge is -2.47. The molecule has 0 amide bonds. The molecule has 1 aliphatic heterocycles. The summed E-state index contributed by atoms with van der Waals surface area (Å²) in [6.07, 6.45) is 1.73. The van der Waals surface area contributed by atoms with Gasteiger partial charge < -0.3 is 24.2 Å². The van der Waals surface area contributed by atoms with Crippen LogP contribution >= 0.6 is 24.0 Å². The van der Waals surface area contributed by atoms with Gasteiger partial charge in [-0.1, -0.05) is 11.8 Å². The molecule has 1 unspecified atom stereocenters. The minimum absolute atomic E-state index is 0. The molecule has 0 saturated carbocycles. The summed E-state index contributed by atoms with van der Waals surface area (Å²) in [6.45, 7) is 1.02. The first-order valence-electron chi connectivity index (χ1n) is 8.51. The van der Waals surface area contributed by atoms with Gasteiger partial charge in [0, 0.05) is 24.0 Å². The summed E-state index contributed by atoms with van der Waals surface area (Å²) in [4.78, 5) is 0. The number of rotatable bonds is 2. The number of ether oxygens (including phenoxy) is 2. The molecule has 6 heteroatoms. The Morgan fingerprint density at radius 2 is 1.85 bits per heavy atom.